The molecule has 3 rings (SSSR count). The third kappa shape index (κ3) is 4.67. The lowest BCUT2D eigenvalue weighted by Crippen LogP contribution is -2.22. The summed E-state index contributed by atoms with van der Waals surface area (Å²) in [5, 5.41) is 1.38. The van der Waals surface area contributed by atoms with Crippen LogP contribution >= 0.6 is 0 Å². The molecule has 0 saturated heterocycles. The standard InChI is InChI=1S/C22H24OSi/c1-17-13-18(2)15-21(14-17)24-23-22(20-11-7-4-8-12-20)16-19-9-5-3-6-10-19/h3-15,22H,16,24H2,1-2H3. The summed E-state index contributed by atoms with van der Waals surface area (Å²) in [5.74, 6) is 0. The molecule has 3 aromatic rings. The van der Waals surface area contributed by atoms with Gasteiger partial charge in [-0.1, -0.05) is 90.0 Å². The number of hydrogen-bond acceptors (Lipinski definition) is 1. The van der Waals surface area contributed by atoms with Crippen molar-refractivity contribution in [1.29, 1.82) is 0 Å². The highest BCUT2D eigenvalue weighted by Gasteiger charge is 2.13. The Morgan fingerprint density at radius 3 is 2.00 bits per heavy atom. The first-order chi connectivity index (χ1) is 11.7. The molecule has 1 unspecified atom stereocenters. The zero-order chi connectivity index (χ0) is 16.8. The number of benzene rings is 3. The number of hydrogen-bond donors (Lipinski definition) is 0. The van der Waals surface area contributed by atoms with Crippen molar-refractivity contribution in [2.75, 3.05) is 0 Å². The predicted octanol–water partition coefficient (Wildman–Crippen LogP) is 4.01. The van der Waals surface area contributed by atoms with E-state index in [2.05, 4.69) is 92.7 Å². The fraction of sp³-hybridized carbons (Fsp3) is 0.182. The maximum Gasteiger partial charge on any atom is 0.193 e. The van der Waals surface area contributed by atoms with Crippen molar-refractivity contribution < 1.29 is 4.43 Å². The van der Waals surface area contributed by atoms with E-state index in [1.54, 1.807) is 0 Å². The summed E-state index contributed by atoms with van der Waals surface area (Å²) in [4.78, 5) is 0. The molecule has 0 radical (unpaired) electrons. The number of rotatable bonds is 6. The molecular formula is C22H24OSi. The Hall–Kier alpha value is -2.16. The van der Waals surface area contributed by atoms with Gasteiger partial charge in [0.25, 0.3) is 0 Å². The molecule has 0 bridgehead atoms. The fourth-order valence-corrected chi connectivity index (χ4v) is 4.63. The van der Waals surface area contributed by atoms with Crippen LogP contribution in [0.5, 0.6) is 0 Å². The smallest absolute Gasteiger partial charge is 0.193 e. The van der Waals surface area contributed by atoms with Crippen molar-refractivity contribution in [3.8, 4) is 0 Å². The molecule has 0 N–H and O–H groups in total. The quantitative estimate of drug-likeness (QED) is 0.620. The Bertz CT molecular complexity index is 748. The summed E-state index contributed by atoms with van der Waals surface area (Å²) in [6, 6.07) is 27.9. The molecule has 0 amide bonds. The second-order valence-corrected chi connectivity index (χ2v) is 7.83. The van der Waals surface area contributed by atoms with Gasteiger partial charge in [-0.25, -0.2) is 0 Å². The van der Waals surface area contributed by atoms with Gasteiger partial charge in [0.05, 0.1) is 6.10 Å². The molecule has 122 valence electrons. The van der Waals surface area contributed by atoms with Crippen molar-refractivity contribution >= 4 is 14.9 Å². The summed E-state index contributed by atoms with van der Waals surface area (Å²) in [7, 11) is -0.761. The van der Waals surface area contributed by atoms with Crippen LogP contribution in [0.4, 0.5) is 0 Å². The second kappa shape index (κ2) is 8.09. The Kier molecular flexibility index (Phi) is 5.62. The molecule has 1 atom stereocenters. The van der Waals surface area contributed by atoms with E-state index in [1.165, 1.54) is 27.4 Å². The zero-order valence-electron chi connectivity index (χ0n) is 14.4. The third-order valence-electron chi connectivity index (χ3n) is 4.17. The van der Waals surface area contributed by atoms with E-state index < -0.39 is 9.76 Å². The summed E-state index contributed by atoms with van der Waals surface area (Å²) in [6.07, 6.45) is 1.05. The summed E-state index contributed by atoms with van der Waals surface area (Å²) < 4.78 is 6.47. The second-order valence-electron chi connectivity index (χ2n) is 6.40. The van der Waals surface area contributed by atoms with Crippen LogP contribution in [0, 0.1) is 13.8 Å². The SMILES string of the molecule is Cc1cc(C)cc([SiH2]OC(Cc2ccccc2)c2ccccc2)c1. The highest BCUT2D eigenvalue weighted by molar-refractivity contribution is 6.47. The monoisotopic (exact) mass is 332 g/mol. The van der Waals surface area contributed by atoms with E-state index in [1.807, 2.05) is 0 Å². The van der Waals surface area contributed by atoms with Crippen molar-refractivity contribution in [2.45, 2.75) is 26.4 Å². The van der Waals surface area contributed by atoms with Crippen molar-refractivity contribution in [3.63, 3.8) is 0 Å². The van der Waals surface area contributed by atoms with E-state index in [9.17, 15) is 0 Å². The molecular weight excluding hydrogens is 308 g/mol. The highest BCUT2D eigenvalue weighted by Crippen LogP contribution is 2.21. The topological polar surface area (TPSA) is 9.23 Å². The van der Waals surface area contributed by atoms with Crippen LogP contribution in [-0.4, -0.2) is 9.76 Å². The molecule has 0 aliphatic heterocycles. The van der Waals surface area contributed by atoms with Gasteiger partial charge in [0.2, 0.25) is 0 Å². The first-order valence-electron chi connectivity index (χ1n) is 8.48. The summed E-state index contributed by atoms with van der Waals surface area (Å²) >= 11 is 0. The van der Waals surface area contributed by atoms with Crippen LogP contribution < -0.4 is 5.19 Å². The number of aryl methyl sites for hydroxylation is 2. The molecule has 0 heterocycles. The molecule has 2 heteroatoms. The fourth-order valence-electron chi connectivity index (χ4n) is 3.12. The van der Waals surface area contributed by atoms with Gasteiger partial charge < -0.3 is 4.43 Å². The van der Waals surface area contributed by atoms with Gasteiger partial charge in [-0.15, -0.1) is 0 Å². The predicted molar refractivity (Wildman–Crippen MR) is 105 cm³/mol. The molecule has 0 fully saturated rings. The maximum absolute atomic E-state index is 6.47. The lowest BCUT2D eigenvalue weighted by atomic mass is 10.0. The minimum atomic E-state index is -0.761. The Morgan fingerprint density at radius 1 is 0.792 bits per heavy atom. The third-order valence-corrected chi connectivity index (χ3v) is 5.48. The first-order valence-corrected chi connectivity index (χ1v) is 9.77. The van der Waals surface area contributed by atoms with Gasteiger partial charge in [-0.05, 0) is 30.2 Å². The summed E-state index contributed by atoms with van der Waals surface area (Å²) in [5.41, 5.74) is 5.22. The van der Waals surface area contributed by atoms with E-state index in [0.717, 1.165) is 6.42 Å². The molecule has 0 aromatic heterocycles. The van der Waals surface area contributed by atoms with Gasteiger partial charge in [-0.2, -0.15) is 0 Å². The van der Waals surface area contributed by atoms with Crippen LogP contribution in [0.2, 0.25) is 0 Å². The molecule has 0 aliphatic rings. The molecule has 24 heavy (non-hydrogen) atoms. The van der Waals surface area contributed by atoms with Crippen molar-refractivity contribution in [2.24, 2.45) is 0 Å². The van der Waals surface area contributed by atoms with E-state index in [4.69, 9.17) is 4.43 Å². The first kappa shape index (κ1) is 16.7. The Labute approximate surface area is 147 Å². The van der Waals surface area contributed by atoms with Crippen molar-refractivity contribution in [3.05, 3.63) is 101 Å². The largest absolute Gasteiger partial charge is 0.411 e. The van der Waals surface area contributed by atoms with Crippen LogP contribution in [-0.2, 0) is 10.8 Å². The van der Waals surface area contributed by atoms with Crippen molar-refractivity contribution in [1.82, 2.24) is 0 Å². The van der Waals surface area contributed by atoms with E-state index in [-0.39, 0.29) is 6.10 Å². The van der Waals surface area contributed by atoms with Gasteiger partial charge in [-0.3, -0.25) is 0 Å². The normalized spacial score (nSPS) is 12.6. The van der Waals surface area contributed by atoms with E-state index in [0.29, 0.717) is 0 Å². The van der Waals surface area contributed by atoms with Gasteiger partial charge in [0, 0.05) is 6.42 Å². The van der Waals surface area contributed by atoms with Gasteiger partial charge in [0.1, 0.15) is 0 Å². The van der Waals surface area contributed by atoms with Crippen LogP contribution in [0.15, 0.2) is 78.9 Å². The average molecular weight is 333 g/mol. The zero-order valence-corrected chi connectivity index (χ0v) is 15.8. The van der Waals surface area contributed by atoms with Crippen LogP contribution in [0.3, 0.4) is 0 Å². The molecule has 1 nitrogen and oxygen atoms in total. The molecule has 0 aliphatic carbocycles. The van der Waals surface area contributed by atoms with E-state index >= 15 is 0 Å². The Morgan fingerprint density at radius 2 is 1.38 bits per heavy atom. The van der Waals surface area contributed by atoms with Gasteiger partial charge >= 0.3 is 0 Å². The molecule has 3 aromatic carbocycles. The maximum atomic E-state index is 6.47. The molecule has 0 saturated carbocycles. The minimum Gasteiger partial charge on any atom is -0.411 e. The Balaban J connectivity index is 1.77. The average Bonchev–Trinajstić information content (AvgIpc) is 2.59. The lowest BCUT2D eigenvalue weighted by molar-refractivity contribution is 0.221. The minimum absolute atomic E-state index is 0.126. The molecule has 0 spiro atoms. The van der Waals surface area contributed by atoms with Gasteiger partial charge in [0.15, 0.2) is 9.76 Å². The lowest BCUT2D eigenvalue weighted by Gasteiger charge is -2.19. The van der Waals surface area contributed by atoms with Crippen LogP contribution in [0.1, 0.15) is 28.4 Å². The highest BCUT2D eigenvalue weighted by atomic mass is 28.2. The summed E-state index contributed by atoms with van der Waals surface area (Å²) in [6.45, 7) is 4.31. The van der Waals surface area contributed by atoms with Crippen LogP contribution in [0.25, 0.3) is 0 Å².